The Morgan fingerprint density at radius 2 is 2.00 bits per heavy atom. The Balaban J connectivity index is 1.73. The number of benzene rings is 1. The summed E-state index contributed by atoms with van der Waals surface area (Å²) in [7, 11) is 1.62. The van der Waals surface area contributed by atoms with Crippen molar-refractivity contribution in [2.75, 3.05) is 7.11 Å². The number of carbonyl (C=O) groups is 1. The lowest BCUT2D eigenvalue weighted by molar-refractivity contribution is 0.0691. The summed E-state index contributed by atoms with van der Waals surface area (Å²) in [6, 6.07) is 11.4. The van der Waals surface area contributed by atoms with Gasteiger partial charge in [0.15, 0.2) is 16.7 Å². The summed E-state index contributed by atoms with van der Waals surface area (Å²) in [5.74, 6) is 0.785. The van der Waals surface area contributed by atoms with Crippen molar-refractivity contribution in [3.05, 3.63) is 64.9 Å². The minimum Gasteiger partial charge on any atom is -0.495 e. The largest absolute Gasteiger partial charge is 0.495 e. The molecule has 0 saturated heterocycles. The summed E-state index contributed by atoms with van der Waals surface area (Å²) in [6.45, 7) is 0. The maximum absolute atomic E-state index is 11.1. The molecule has 0 fully saturated rings. The first-order valence-corrected chi connectivity index (χ1v) is 10.3. The van der Waals surface area contributed by atoms with Crippen LogP contribution in [0.15, 0.2) is 59.3 Å². The molecule has 0 aliphatic rings. The number of thiazole rings is 1. The Kier molecular flexibility index (Phi) is 5.54. The van der Waals surface area contributed by atoms with E-state index in [1.807, 2.05) is 41.0 Å². The SMILES string of the molecule is COc1ccccc1-n1c(SCc2nc(C(=O)O)cs2)nnc1-c1ccncc1. The topological polar surface area (TPSA) is 103 Å². The number of aromatic carboxylic acids is 1. The molecule has 8 nitrogen and oxygen atoms in total. The maximum Gasteiger partial charge on any atom is 0.355 e. The third-order valence-corrected chi connectivity index (χ3v) is 5.97. The summed E-state index contributed by atoms with van der Waals surface area (Å²) in [5.41, 5.74) is 1.72. The van der Waals surface area contributed by atoms with Gasteiger partial charge < -0.3 is 9.84 Å². The third-order valence-electron chi connectivity index (χ3n) is 3.99. The monoisotopic (exact) mass is 425 g/mol. The van der Waals surface area contributed by atoms with E-state index in [4.69, 9.17) is 9.84 Å². The molecule has 0 aliphatic heterocycles. The number of hydrogen-bond donors (Lipinski definition) is 1. The van der Waals surface area contributed by atoms with Crippen LogP contribution >= 0.6 is 23.1 Å². The number of carboxylic acid groups (broad SMARTS) is 1. The summed E-state index contributed by atoms with van der Waals surface area (Å²) in [5, 5.41) is 20.7. The zero-order chi connectivity index (χ0) is 20.2. The number of hydrogen-bond acceptors (Lipinski definition) is 8. The number of rotatable bonds is 7. The Bertz CT molecular complexity index is 1140. The molecule has 10 heteroatoms. The lowest BCUT2D eigenvalue weighted by atomic mass is 10.2. The molecule has 4 aromatic rings. The van der Waals surface area contributed by atoms with E-state index >= 15 is 0 Å². The Morgan fingerprint density at radius 1 is 1.21 bits per heavy atom. The fraction of sp³-hybridized carbons (Fsp3) is 0.105. The molecule has 0 spiro atoms. The first-order chi connectivity index (χ1) is 14.2. The second kappa shape index (κ2) is 8.41. The van der Waals surface area contributed by atoms with Crippen molar-refractivity contribution in [2.45, 2.75) is 10.9 Å². The van der Waals surface area contributed by atoms with Crippen LogP contribution < -0.4 is 4.74 Å². The number of carboxylic acids is 1. The normalized spacial score (nSPS) is 10.8. The van der Waals surface area contributed by atoms with E-state index in [9.17, 15) is 4.79 Å². The van der Waals surface area contributed by atoms with Gasteiger partial charge in [-0.15, -0.1) is 21.5 Å². The Morgan fingerprint density at radius 3 is 2.72 bits per heavy atom. The van der Waals surface area contributed by atoms with Crippen molar-refractivity contribution in [2.24, 2.45) is 0 Å². The quantitative estimate of drug-likeness (QED) is 0.446. The van der Waals surface area contributed by atoms with Gasteiger partial charge in [-0.3, -0.25) is 9.55 Å². The smallest absolute Gasteiger partial charge is 0.355 e. The number of methoxy groups -OCH3 is 1. The van der Waals surface area contributed by atoms with Gasteiger partial charge in [-0.1, -0.05) is 23.9 Å². The number of nitrogens with zero attached hydrogens (tertiary/aromatic N) is 5. The molecular formula is C19H15N5O3S2. The number of ether oxygens (including phenoxy) is 1. The summed E-state index contributed by atoms with van der Waals surface area (Å²) < 4.78 is 7.46. The second-order valence-corrected chi connectivity index (χ2v) is 7.65. The van der Waals surface area contributed by atoms with Gasteiger partial charge in [0.05, 0.1) is 18.6 Å². The number of thioether (sulfide) groups is 1. The minimum atomic E-state index is -1.03. The van der Waals surface area contributed by atoms with Crippen LogP contribution in [0.25, 0.3) is 17.1 Å². The number of para-hydroxylation sites is 2. The van der Waals surface area contributed by atoms with Crippen LogP contribution in [0, 0.1) is 0 Å². The number of aromatic nitrogens is 5. The van der Waals surface area contributed by atoms with Crippen molar-refractivity contribution >= 4 is 29.1 Å². The van der Waals surface area contributed by atoms with Crippen LogP contribution in [0.2, 0.25) is 0 Å². The van der Waals surface area contributed by atoms with Gasteiger partial charge in [0.25, 0.3) is 0 Å². The fourth-order valence-electron chi connectivity index (χ4n) is 2.68. The molecule has 3 aromatic heterocycles. The van der Waals surface area contributed by atoms with Gasteiger partial charge in [0, 0.05) is 23.3 Å². The van der Waals surface area contributed by atoms with E-state index in [2.05, 4.69) is 20.2 Å². The van der Waals surface area contributed by atoms with Crippen molar-refractivity contribution in [3.8, 4) is 22.8 Å². The second-order valence-electron chi connectivity index (χ2n) is 5.77. The third kappa shape index (κ3) is 3.98. The van der Waals surface area contributed by atoms with Crippen LogP contribution in [0.5, 0.6) is 5.75 Å². The standard InChI is InChI=1S/C19H15N5O3S2/c1-27-15-5-3-2-4-14(15)24-17(12-6-8-20-9-7-12)22-23-19(24)29-11-16-21-13(10-28-16)18(25)26/h2-10H,11H2,1H3,(H,25,26). The molecule has 4 rings (SSSR count). The average molecular weight is 425 g/mol. The Hall–Kier alpha value is -3.24. The van der Waals surface area contributed by atoms with E-state index in [0.29, 0.717) is 27.5 Å². The lowest BCUT2D eigenvalue weighted by Crippen LogP contribution is -2.02. The molecule has 0 unspecified atom stereocenters. The van der Waals surface area contributed by atoms with Crippen LogP contribution in [0.4, 0.5) is 0 Å². The first-order valence-electron chi connectivity index (χ1n) is 8.47. The van der Waals surface area contributed by atoms with E-state index in [1.165, 1.54) is 28.5 Å². The van der Waals surface area contributed by atoms with E-state index in [-0.39, 0.29) is 5.69 Å². The first kappa shape index (κ1) is 19.1. The molecule has 0 saturated carbocycles. The average Bonchev–Trinajstić information content (AvgIpc) is 3.40. The molecule has 29 heavy (non-hydrogen) atoms. The molecule has 0 bridgehead atoms. The molecule has 3 heterocycles. The highest BCUT2D eigenvalue weighted by atomic mass is 32.2. The maximum atomic E-state index is 11.1. The predicted octanol–water partition coefficient (Wildman–Crippen LogP) is 3.78. The highest BCUT2D eigenvalue weighted by Crippen LogP contribution is 2.33. The molecule has 146 valence electrons. The highest BCUT2D eigenvalue weighted by molar-refractivity contribution is 7.98. The number of pyridine rings is 1. The predicted molar refractivity (Wildman–Crippen MR) is 110 cm³/mol. The zero-order valence-corrected chi connectivity index (χ0v) is 16.9. The van der Waals surface area contributed by atoms with Gasteiger partial charge in [-0.2, -0.15) is 0 Å². The van der Waals surface area contributed by atoms with Crippen LogP contribution in [0.3, 0.4) is 0 Å². The molecule has 0 radical (unpaired) electrons. The zero-order valence-electron chi connectivity index (χ0n) is 15.2. The van der Waals surface area contributed by atoms with Crippen molar-refractivity contribution in [1.29, 1.82) is 0 Å². The van der Waals surface area contributed by atoms with Gasteiger partial charge in [-0.25, -0.2) is 9.78 Å². The summed E-state index contributed by atoms with van der Waals surface area (Å²) in [4.78, 5) is 19.2. The van der Waals surface area contributed by atoms with E-state index in [0.717, 1.165) is 11.3 Å². The molecule has 0 amide bonds. The van der Waals surface area contributed by atoms with Crippen LogP contribution in [0.1, 0.15) is 15.5 Å². The van der Waals surface area contributed by atoms with Gasteiger partial charge in [0.1, 0.15) is 10.8 Å². The molecule has 0 atom stereocenters. The van der Waals surface area contributed by atoms with Crippen LogP contribution in [-0.2, 0) is 5.75 Å². The van der Waals surface area contributed by atoms with Crippen molar-refractivity contribution < 1.29 is 14.6 Å². The molecule has 1 N–H and O–H groups in total. The minimum absolute atomic E-state index is 0.0503. The van der Waals surface area contributed by atoms with Crippen LogP contribution in [-0.4, -0.2) is 42.9 Å². The lowest BCUT2D eigenvalue weighted by Gasteiger charge is -2.13. The summed E-state index contributed by atoms with van der Waals surface area (Å²) >= 11 is 2.73. The van der Waals surface area contributed by atoms with Gasteiger partial charge in [-0.05, 0) is 24.3 Å². The fourth-order valence-corrected chi connectivity index (χ4v) is 4.42. The molecule has 1 aromatic carbocycles. The summed E-state index contributed by atoms with van der Waals surface area (Å²) in [6.07, 6.45) is 3.40. The van der Waals surface area contributed by atoms with E-state index < -0.39 is 5.97 Å². The van der Waals surface area contributed by atoms with E-state index in [1.54, 1.807) is 19.5 Å². The Labute approximate surface area is 174 Å². The highest BCUT2D eigenvalue weighted by Gasteiger charge is 2.19. The molecular weight excluding hydrogens is 410 g/mol. The van der Waals surface area contributed by atoms with Crippen molar-refractivity contribution in [3.63, 3.8) is 0 Å². The van der Waals surface area contributed by atoms with Gasteiger partial charge in [0.2, 0.25) is 0 Å². The van der Waals surface area contributed by atoms with Crippen molar-refractivity contribution in [1.82, 2.24) is 24.7 Å². The molecule has 0 aliphatic carbocycles. The van der Waals surface area contributed by atoms with Gasteiger partial charge >= 0.3 is 5.97 Å².